The van der Waals surface area contributed by atoms with Crippen molar-refractivity contribution in [3.8, 4) is 0 Å². The zero-order chi connectivity index (χ0) is 19.2. The first-order valence-corrected chi connectivity index (χ1v) is 8.66. The number of H-pyrrole nitrogens is 1. The van der Waals surface area contributed by atoms with Gasteiger partial charge in [-0.25, -0.2) is 9.37 Å². The highest BCUT2D eigenvalue weighted by Crippen LogP contribution is 2.18. The first-order chi connectivity index (χ1) is 13.0. The van der Waals surface area contributed by atoms with Gasteiger partial charge in [-0.2, -0.15) is 5.10 Å². The highest BCUT2D eigenvalue weighted by molar-refractivity contribution is 6.02. The van der Waals surface area contributed by atoms with E-state index in [4.69, 9.17) is 0 Å². The van der Waals surface area contributed by atoms with Gasteiger partial charge >= 0.3 is 0 Å². The molecule has 1 aliphatic rings. The number of rotatable bonds is 6. The lowest BCUT2D eigenvalue weighted by molar-refractivity contribution is -0.115. The first kappa shape index (κ1) is 18.6. The van der Waals surface area contributed by atoms with E-state index in [0.29, 0.717) is 0 Å². The SMILES string of the molecule is C=C(F)CC(=O)Nc1cn[nH]c1C(=O)NC1CCN(c2ccccn2)CC1. The van der Waals surface area contributed by atoms with Crippen LogP contribution in [0.15, 0.2) is 43.0 Å². The minimum absolute atomic E-state index is 0.00920. The zero-order valence-corrected chi connectivity index (χ0v) is 14.7. The molecule has 1 aliphatic heterocycles. The molecule has 3 heterocycles. The molecule has 9 heteroatoms. The van der Waals surface area contributed by atoms with Gasteiger partial charge in [0.05, 0.1) is 18.3 Å². The molecule has 142 valence electrons. The maximum absolute atomic E-state index is 12.7. The highest BCUT2D eigenvalue weighted by atomic mass is 19.1. The standard InChI is InChI=1S/C18H21FN6O2/c1-12(19)10-16(26)23-14-11-21-24-17(14)18(27)22-13-5-8-25(9-6-13)15-4-2-3-7-20-15/h2-4,7,11,13H,1,5-6,8-10H2,(H,21,24)(H,22,27)(H,23,26). The molecule has 0 bridgehead atoms. The van der Waals surface area contributed by atoms with Crippen LogP contribution >= 0.6 is 0 Å². The van der Waals surface area contributed by atoms with Crippen molar-refractivity contribution in [2.75, 3.05) is 23.3 Å². The van der Waals surface area contributed by atoms with Crippen molar-refractivity contribution >= 4 is 23.3 Å². The van der Waals surface area contributed by atoms with Crippen LogP contribution in [0.2, 0.25) is 0 Å². The number of carbonyl (C=O) groups is 2. The van der Waals surface area contributed by atoms with E-state index in [1.165, 1.54) is 6.20 Å². The molecule has 0 aliphatic carbocycles. The second kappa shape index (κ2) is 8.43. The smallest absolute Gasteiger partial charge is 0.271 e. The number of aromatic amines is 1. The Morgan fingerprint density at radius 2 is 2.11 bits per heavy atom. The number of amides is 2. The third kappa shape index (κ3) is 4.90. The van der Waals surface area contributed by atoms with Crippen LogP contribution in [0.5, 0.6) is 0 Å². The summed E-state index contributed by atoms with van der Waals surface area (Å²) in [6, 6.07) is 5.79. The first-order valence-electron chi connectivity index (χ1n) is 8.66. The van der Waals surface area contributed by atoms with Crippen molar-refractivity contribution in [3.63, 3.8) is 0 Å². The van der Waals surface area contributed by atoms with Gasteiger partial charge in [0.2, 0.25) is 5.91 Å². The van der Waals surface area contributed by atoms with Crippen LogP contribution in [0.1, 0.15) is 29.8 Å². The number of nitrogens with one attached hydrogen (secondary N) is 3. The van der Waals surface area contributed by atoms with Gasteiger partial charge in [-0.05, 0) is 25.0 Å². The third-order valence-corrected chi connectivity index (χ3v) is 4.30. The fraction of sp³-hybridized carbons (Fsp3) is 0.333. The Labute approximate surface area is 155 Å². The molecule has 0 spiro atoms. The van der Waals surface area contributed by atoms with E-state index in [9.17, 15) is 14.0 Å². The van der Waals surface area contributed by atoms with E-state index in [1.807, 2.05) is 18.2 Å². The number of carbonyl (C=O) groups excluding carboxylic acids is 2. The highest BCUT2D eigenvalue weighted by Gasteiger charge is 2.24. The van der Waals surface area contributed by atoms with E-state index in [2.05, 4.69) is 37.3 Å². The second-order valence-electron chi connectivity index (χ2n) is 6.32. The Morgan fingerprint density at radius 3 is 2.78 bits per heavy atom. The number of nitrogens with zero attached hydrogens (tertiary/aromatic N) is 3. The Kier molecular flexibility index (Phi) is 5.80. The fourth-order valence-corrected chi connectivity index (χ4v) is 2.97. The number of piperidine rings is 1. The van der Waals surface area contributed by atoms with Gasteiger partial charge < -0.3 is 15.5 Å². The lowest BCUT2D eigenvalue weighted by Gasteiger charge is -2.33. The average Bonchev–Trinajstić information content (AvgIpc) is 3.10. The Morgan fingerprint density at radius 1 is 1.33 bits per heavy atom. The largest absolute Gasteiger partial charge is 0.356 e. The summed E-state index contributed by atoms with van der Waals surface area (Å²) >= 11 is 0. The van der Waals surface area contributed by atoms with E-state index in [-0.39, 0.29) is 23.3 Å². The van der Waals surface area contributed by atoms with Gasteiger partial charge in [-0.3, -0.25) is 14.7 Å². The maximum atomic E-state index is 12.7. The average molecular weight is 372 g/mol. The van der Waals surface area contributed by atoms with E-state index < -0.39 is 18.2 Å². The van der Waals surface area contributed by atoms with Gasteiger partial charge in [-0.15, -0.1) is 0 Å². The lowest BCUT2D eigenvalue weighted by Crippen LogP contribution is -2.45. The van der Waals surface area contributed by atoms with Crippen molar-refractivity contribution < 1.29 is 14.0 Å². The molecule has 0 saturated carbocycles. The van der Waals surface area contributed by atoms with Crippen molar-refractivity contribution in [1.29, 1.82) is 0 Å². The van der Waals surface area contributed by atoms with Gasteiger partial charge in [0, 0.05) is 25.3 Å². The number of anilines is 2. The number of pyridine rings is 1. The molecular formula is C18H21FN6O2. The number of hydrogen-bond donors (Lipinski definition) is 3. The second-order valence-corrected chi connectivity index (χ2v) is 6.32. The van der Waals surface area contributed by atoms with Crippen LogP contribution in [0.3, 0.4) is 0 Å². The molecule has 2 amide bonds. The van der Waals surface area contributed by atoms with Crippen LogP contribution in [-0.4, -0.2) is 46.1 Å². The van der Waals surface area contributed by atoms with Crippen molar-refractivity contribution in [2.45, 2.75) is 25.3 Å². The molecule has 2 aromatic heterocycles. The minimum Gasteiger partial charge on any atom is -0.356 e. The predicted octanol–water partition coefficient (Wildman–Crippen LogP) is 2.02. The minimum atomic E-state index is -0.748. The summed E-state index contributed by atoms with van der Waals surface area (Å²) in [7, 11) is 0. The summed E-state index contributed by atoms with van der Waals surface area (Å²) in [6.07, 6.45) is 4.17. The molecular weight excluding hydrogens is 351 g/mol. The van der Waals surface area contributed by atoms with E-state index >= 15 is 0 Å². The van der Waals surface area contributed by atoms with Gasteiger partial charge in [-0.1, -0.05) is 12.6 Å². The quantitative estimate of drug-likeness (QED) is 0.720. The van der Waals surface area contributed by atoms with Crippen LogP contribution in [0, 0.1) is 0 Å². The van der Waals surface area contributed by atoms with Crippen LogP contribution in [-0.2, 0) is 4.79 Å². The van der Waals surface area contributed by atoms with Gasteiger partial charge in [0.15, 0.2) is 0 Å². The van der Waals surface area contributed by atoms with Crippen molar-refractivity contribution in [2.24, 2.45) is 0 Å². The van der Waals surface area contributed by atoms with E-state index in [0.717, 1.165) is 31.7 Å². The molecule has 27 heavy (non-hydrogen) atoms. The summed E-state index contributed by atoms with van der Waals surface area (Å²) in [5.74, 6) is -0.781. The fourth-order valence-electron chi connectivity index (χ4n) is 2.97. The van der Waals surface area contributed by atoms with Gasteiger partial charge in [0.1, 0.15) is 17.3 Å². The van der Waals surface area contributed by atoms with E-state index in [1.54, 1.807) is 6.20 Å². The summed E-state index contributed by atoms with van der Waals surface area (Å²) in [4.78, 5) is 30.7. The summed E-state index contributed by atoms with van der Waals surface area (Å²) < 4.78 is 12.7. The predicted molar refractivity (Wildman–Crippen MR) is 99.0 cm³/mol. The number of aromatic nitrogens is 3. The molecule has 1 fully saturated rings. The molecule has 3 rings (SSSR count). The van der Waals surface area contributed by atoms with Gasteiger partial charge in [0.25, 0.3) is 5.91 Å². The van der Waals surface area contributed by atoms with Crippen molar-refractivity contribution in [3.05, 3.63) is 48.7 Å². The molecule has 3 N–H and O–H groups in total. The normalized spacial score (nSPS) is 14.6. The topological polar surface area (TPSA) is 103 Å². The molecule has 1 saturated heterocycles. The third-order valence-electron chi connectivity index (χ3n) is 4.30. The van der Waals surface area contributed by atoms with Crippen LogP contribution in [0.25, 0.3) is 0 Å². The van der Waals surface area contributed by atoms with Crippen LogP contribution in [0.4, 0.5) is 15.9 Å². The van der Waals surface area contributed by atoms with Crippen molar-refractivity contribution in [1.82, 2.24) is 20.5 Å². The molecule has 8 nitrogen and oxygen atoms in total. The number of hydrogen-bond acceptors (Lipinski definition) is 5. The Hall–Kier alpha value is -3.23. The van der Waals surface area contributed by atoms with Crippen LogP contribution < -0.4 is 15.5 Å². The molecule has 2 aromatic rings. The monoisotopic (exact) mass is 372 g/mol. The number of halogens is 1. The Bertz CT molecular complexity index is 814. The molecule has 0 atom stereocenters. The molecule has 0 aromatic carbocycles. The summed E-state index contributed by atoms with van der Waals surface area (Å²) in [5, 5.41) is 11.8. The Balaban J connectivity index is 1.54. The molecule has 0 unspecified atom stereocenters. The summed E-state index contributed by atoms with van der Waals surface area (Å²) in [5.41, 5.74) is 0.352. The lowest BCUT2D eigenvalue weighted by atomic mass is 10.0. The molecule has 0 radical (unpaired) electrons. The maximum Gasteiger partial charge on any atom is 0.271 e. The summed E-state index contributed by atoms with van der Waals surface area (Å²) in [6.45, 7) is 4.62. The zero-order valence-electron chi connectivity index (χ0n) is 14.7.